The van der Waals surface area contributed by atoms with Gasteiger partial charge in [-0.1, -0.05) is 18.3 Å². The summed E-state index contributed by atoms with van der Waals surface area (Å²) in [6.07, 6.45) is 9.75. The highest BCUT2D eigenvalue weighted by atomic mass is 32.2. The van der Waals surface area contributed by atoms with Gasteiger partial charge in [0.1, 0.15) is 4.99 Å². The van der Waals surface area contributed by atoms with E-state index in [9.17, 15) is 4.79 Å². The normalized spacial score (nSPS) is 27.2. The first-order valence-electron chi connectivity index (χ1n) is 3.72. The third-order valence-electron chi connectivity index (χ3n) is 1.63. The molecule has 0 bridgehead atoms. The van der Waals surface area contributed by atoms with Crippen LogP contribution in [0, 0.1) is 31.6 Å². The second-order valence-corrected chi connectivity index (χ2v) is 3.99. The van der Waals surface area contributed by atoms with Crippen LogP contribution in [-0.4, -0.2) is 10.2 Å². The Morgan fingerprint density at radius 3 is 2.62 bits per heavy atom. The third-order valence-corrected chi connectivity index (χ3v) is 2.91. The SMILES string of the molecule is O=C1NC(=S)/C(=C/[C]2[CH][CH][CH][CH]2)S1. The Kier molecular flexibility index (Phi) is 2.69. The quantitative estimate of drug-likeness (QED) is 0.528. The van der Waals surface area contributed by atoms with Gasteiger partial charge in [0.15, 0.2) is 0 Å². The number of thioether (sulfide) groups is 1. The summed E-state index contributed by atoms with van der Waals surface area (Å²) in [4.78, 5) is 12.3. The fraction of sp³-hybridized carbons (Fsp3) is 0. The van der Waals surface area contributed by atoms with Crippen molar-refractivity contribution in [2.24, 2.45) is 0 Å². The topological polar surface area (TPSA) is 29.1 Å². The lowest BCUT2D eigenvalue weighted by Crippen LogP contribution is -2.16. The number of allylic oxidation sites excluding steroid dienone is 1. The number of nitrogens with one attached hydrogen (secondary N) is 1. The largest absolute Gasteiger partial charge is 0.307 e. The summed E-state index contributed by atoms with van der Waals surface area (Å²) in [7, 11) is 0. The summed E-state index contributed by atoms with van der Waals surface area (Å²) < 4.78 is 0. The minimum Gasteiger partial charge on any atom is -0.307 e. The van der Waals surface area contributed by atoms with Crippen molar-refractivity contribution >= 4 is 34.2 Å². The van der Waals surface area contributed by atoms with E-state index in [1.54, 1.807) is 0 Å². The van der Waals surface area contributed by atoms with Crippen molar-refractivity contribution in [2.45, 2.75) is 0 Å². The first-order valence-corrected chi connectivity index (χ1v) is 4.95. The highest BCUT2D eigenvalue weighted by molar-refractivity contribution is 8.19. The molecule has 2 rings (SSSR count). The molecule has 1 saturated heterocycles. The van der Waals surface area contributed by atoms with Gasteiger partial charge in [0, 0.05) is 10.8 Å². The van der Waals surface area contributed by atoms with Crippen molar-refractivity contribution in [1.29, 1.82) is 0 Å². The minimum absolute atomic E-state index is 0.0946. The second kappa shape index (κ2) is 3.80. The van der Waals surface area contributed by atoms with E-state index in [0.717, 1.165) is 22.6 Å². The summed E-state index contributed by atoms with van der Waals surface area (Å²) in [6.45, 7) is 0. The van der Waals surface area contributed by atoms with Crippen LogP contribution in [0.15, 0.2) is 11.0 Å². The molecule has 65 valence electrons. The van der Waals surface area contributed by atoms with E-state index in [2.05, 4.69) is 5.32 Å². The van der Waals surface area contributed by atoms with Crippen LogP contribution in [-0.2, 0) is 0 Å². The zero-order valence-corrected chi connectivity index (χ0v) is 8.24. The zero-order valence-electron chi connectivity index (χ0n) is 6.61. The summed E-state index contributed by atoms with van der Waals surface area (Å²) in [5.74, 6) is 1.07. The molecule has 1 N–H and O–H groups in total. The van der Waals surface area contributed by atoms with E-state index in [1.807, 2.05) is 31.8 Å². The highest BCUT2D eigenvalue weighted by Gasteiger charge is 2.24. The lowest BCUT2D eigenvalue weighted by molar-refractivity contribution is 0.265. The number of rotatable bonds is 1. The monoisotopic (exact) mass is 208 g/mol. The Bertz CT molecular complexity index is 279. The van der Waals surface area contributed by atoms with Crippen LogP contribution in [0.2, 0.25) is 0 Å². The van der Waals surface area contributed by atoms with Gasteiger partial charge in [-0.3, -0.25) is 4.79 Å². The van der Waals surface area contributed by atoms with Gasteiger partial charge in [-0.05, 0) is 37.4 Å². The molecule has 0 atom stereocenters. The molecule has 0 unspecified atom stereocenters. The van der Waals surface area contributed by atoms with Crippen molar-refractivity contribution in [1.82, 2.24) is 5.32 Å². The van der Waals surface area contributed by atoms with Crippen LogP contribution in [0.1, 0.15) is 0 Å². The molecule has 1 heterocycles. The molecule has 2 nitrogen and oxygen atoms in total. The zero-order chi connectivity index (χ0) is 9.26. The molecule has 0 aromatic carbocycles. The maximum atomic E-state index is 10.9. The molecule has 0 aromatic rings. The van der Waals surface area contributed by atoms with E-state index in [0.29, 0.717) is 4.99 Å². The van der Waals surface area contributed by atoms with E-state index in [1.165, 1.54) is 0 Å². The van der Waals surface area contributed by atoms with Gasteiger partial charge in [-0.15, -0.1) is 0 Å². The highest BCUT2D eigenvalue weighted by Crippen LogP contribution is 2.31. The summed E-state index contributed by atoms with van der Waals surface area (Å²) >= 11 is 6.11. The Balaban J connectivity index is 2.06. The first-order chi connectivity index (χ1) is 6.25. The van der Waals surface area contributed by atoms with Crippen LogP contribution in [0.4, 0.5) is 4.79 Å². The third kappa shape index (κ3) is 2.11. The molecule has 1 aliphatic carbocycles. The molecule has 1 amide bonds. The van der Waals surface area contributed by atoms with Gasteiger partial charge in [0.05, 0.1) is 0 Å². The molecule has 13 heavy (non-hydrogen) atoms. The van der Waals surface area contributed by atoms with Crippen molar-refractivity contribution in [3.8, 4) is 0 Å². The lowest BCUT2D eigenvalue weighted by Gasteiger charge is -2.00. The van der Waals surface area contributed by atoms with Gasteiger partial charge in [-0.25, -0.2) is 0 Å². The molecular formula is C9H6NOS2. The fourth-order valence-electron chi connectivity index (χ4n) is 1.06. The Labute approximate surface area is 87.2 Å². The van der Waals surface area contributed by atoms with Crippen LogP contribution >= 0.6 is 24.0 Å². The summed E-state index contributed by atoms with van der Waals surface area (Å²) in [6, 6.07) is 0. The maximum Gasteiger partial charge on any atom is 0.289 e. The lowest BCUT2D eigenvalue weighted by atomic mass is 10.1. The molecule has 2 aliphatic rings. The van der Waals surface area contributed by atoms with E-state index >= 15 is 0 Å². The predicted molar refractivity (Wildman–Crippen MR) is 57.2 cm³/mol. The predicted octanol–water partition coefficient (Wildman–Crippen LogP) is 2.06. The number of amides is 1. The van der Waals surface area contributed by atoms with Gasteiger partial charge < -0.3 is 5.32 Å². The maximum absolute atomic E-state index is 10.9. The molecule has 1 saturated carbocycles. The average molecular weight is 208 g/mol. The molecule has 1 aliphatic heterocycles. The van der Waals surface area contributed by atoms with Crippen LogP contribution < -0.4 is 5.32 Å². The molecule has 0 aromatic heterocycles. The molecule has 5 radical (unpaired) electrons. The van der Waals surface area contributed by atoms with E-state index < -0.39 is 0 Å². The van der Waals surface area contributed by atoms with Crippen molar-refractivity contribution in [3.05, 3.63) is 42.6 Å². The first kappa shape index (κ1) is 9.21. The van der Waals surface area contributed by atoms with E-state index in [-0.39, 0.29) is 5.24 Å². The van der Waals surface area contributed by atoms with Crippen molar-refractivity contribution in [2.75, 3.05) is 0 Å². The van der Waals surface area contributed by atoms with Crippen molar-refractivity contribution < 1.29 is 4.79 Å². The Morgan fingerprint density at radius 1 is 1.38 bits per heavy atom. The Hall–Kier alpha value is -0.350. The number of thiocarbonyl (C=S) groups is 1. The van der Waals surface area contributed by atoms with Gasteiger partial charge in [0.25, 0.3) is 5.24 Å². The van der Waals surface area contributed by atoms with Crippen LogP contribution in [0.3, 0.4) is 0 Å². The van der Waals surface area contributed by atoms with E-state index in [4.69, 9.17) is 12.2 Å². The summed E-state index contributed by atoms with van der Waals surface area (Å²) in [5, 5.41) is 2.47. The number of carbonyl (C=O) groups excluding carboxylic acids is 1. The number of carbonyl (C=O) groups is 1. The van der Waals surface area contributed by atoms with Crippen molar-refractivity contribution in [3.63, 3.8) is 0 Å². The second-order valence-electron chi connectivity index (χ2n) is 2.57. The van der Waals surface area contributed by atoms with Gasteiger partial charge in [0.2, 0.25) is 0 Å². The summed E-state index contributed by atoms with van der Waals surface area (Å²) in [5.41, 5.74) is 0. The standard InChI is InChI=1S/C9H6NOS2/c11-9-10-8(12)7(13-9)5-6-3-1-2-4-6/h1-5H,(H,10,11,12)/b7-5-. The van der Waals surface area contributed by atoms with Gasteiger partial charge >= 0.3 is 0 Å². The average Bonchev–Trinajstić information content (AvgIpc) is 2.63. The van der Waals surface area contributed by atoms with Gasteiger partial charge in [-0.2, -0.15) is 0 Å². The molecule has 2 fully saturated rings. The molecule has 4 heteroatoms. The Morgan fingerprint density at radius 2 is 2.08 bits per heavy atom. The molecule has 0 spiro atoms. The number of hydrogen-bond donors (Lipinski definition) is 1. The smallest absolute Gasteiger partial charge is 0.289 e. The number of hydrogen-bond acceptors (Lipinski definition) is 3. The fourth-order valence-corrected chi connectivity index (χ4v) is 2.09. The molecular weight excluding hydrogens is 202 g/mol. The van der Waals surface area contributed by atoms with Crippen LogP contribution in [0.25, 0.3) is 0 Å². The minimum atomic E-state index is -0.0946. The van der Waals surface area contributed by atoms with Crippen LogP contribution in [0.5, 0.6) is 0 Å².